The van der Waals surface area contributed by atoms with Gasteiger partial charge in [0.1, 0.15) is 5.82 Å². The summed E-state index contributed by atoms with van der Waals surface area (Å²) in [6.45, 7) is 2.55. The number of ether oxygens (including phenoxy) is 1. The van der Waals surface area contributed by atoms with Gasteiger partial charge in [-0.05, 0) is 13.0 Å². The average molecular weight is 243 g/mol. The van der Waals surface area contributed by atoms with Crippen LogP contribution in [0.15, 0.2) is 24.3 Å². The average Bonchev–Trinajstić information content (AvgIpc) is 2.25. The Bertz CT molecular complexity index is 320. The minimum absolute atomic E-state index is 0.0173. The van der Waals surface area contributed by atoms with Gasteiger partial charge in [-0.3, -0.25) is 0 Å². The molecule has 0 aliphatic heterocycles. The summed E-state index contributed by atoms with van der Waals surface area (Å²) in [6.07, 6.45) is 0. The predicted octanol–water partition coefficient (Wildman–Crippen LogP) is 2.59. The van der Waals surface area contributed by atoms with Gasteiger partial charge in [0.2, 0.25) is 0 Å². The summed E-state index contributed by atoms with van der Waals surface area (Å²) in [5.74, 6) is 0.631. The third kappa shape index (κ3) is 3.77. The molecule has 0 saturated carbocycles. The van der Waals surface area contributed by atoms with Gasteiger partial charge in [-0.15, -0.1) is 11.8 Å². The second-order valence-corrected chi connectivity index (χ2v) is 4.91. The Morgan fingerprint density at radius 2 is 2.12 bits per heavy atom. The maximum atomic E-state index is 13.6. The molecule has 90 valence electrons. The maximum absolute atomic E-state index is 13.6. The SMILES string of the molecule is COCCSC(c1ccccc1F)C(C)N. The van der Waals surface area contributed by atoms with Crippen LogP contribution in [0.25, 0.3) is 0 Å². The van der Waals surface area contributed by atoms with E-state index < -0.39 is 0 Å². The number of halogens is 1. The van der Waals surface area contributed by atoms with E-state index in [0.717, 1.165) is 5.75 Å². The summed E-state index contributed by atoms with van der Waals surface area (Å²) in [7, 11) is 1.66. The molecule has 0 aliphatic carbocycles. The summed E-state index contributed by atoms with van der Waals surface area (Å²) in [5, 5.41) is -0.0173. The fraction of sp³-hybridized carbons (Fsp3) is 0.500. The highest BCUT2D eigenvalue weighted by Gasteiger charge is 2.19. The third-order valence-electron chi connectivity index (χ3n) is 2.27. The standard InChI is InChI=1S/C12H18FNOS/c1-9(14)12(16-8-7-15-2)10-5-3-4-6-11(10)13/h3-6,9,12H,7-8,14H2,1-2H3. The van der Waals surface area contributed by atoms with Crippen LogP contribution < -0.4 is 5.73 Å². The fourth-order valence-electron chi connectivity index (χ4n) is 1.49. The molecule has 2 atom stereocenters. The fourth-order valence-corrected chi connectivity index (χ4v) is 2.68. The van der Waals surface area contributed by atoms with Gasteiger partial charge < -0.3 is 10.5 Å². The molecule has 0 bridgehead atoms. The maximum Gasteiger partial charge on any atom is 0.127 e. The molecule has 0 saturated heterocycles. The zero-order chi connectivity index (χ0) is 12.0. The molecule has 4 heteroatoms. The van der Waals surface area contributed by atoms with Gasteiger partial charge in [0.15, 0.2) is 0 Å². The van der Waals surface area contributed by atoms with Gasteiger partial charge >= 0.3 is 0 Å². The van der Waals surface area contributed by atoms with Crippen LogP contribution in [-0.4, -0.2) is 25.5 Å². The van der Waals surface area contributed by atoms with Gasteiger partial charge in [0.05, 0.1) is 6.61 Å². The smallest absolute Gasteiger partial charge is 0.127 e. The number of hydrogen-bond acceptors (Lipinski definition) is 3. The minimum Gasteiger partial charge on any atom is -0.384 e. The highest BCUT2D eigenvalue weighted by molar-refractivity contribution is 7.99. The van der Waals surface area contributed by atoms with Gasteiger partial charge in [0.25, 0.3) is 0 Å². The summed E-state index contributed by atoms with van der Waals surface area (Å²) < 4.78 is 18.6. The van der Waals surface area contributed by atoms with E-state index in [-0.39, 0.29) is 17.1 Å². The Morgan fingerprint density at radius 1 is 1.44 bits per heavy atom. The molecule has 0 aliphatic rings. The van der Waals surface area contributed by atoms with E-state index in [1.54, 1.807) is 31.0 Å². The van der Waals surface area contributed by atoms with Crippen LogP contribution in [0.5, 0.6) is 0 Å². The van der Waals surface area contributed by atoms with E-state index in [0.29, 0.717) is 12.2 Å². The molecule has 2 N–H and O–H groups in total. The molecule has 1 rings (SSSR count). The van der Waals surface area contributed by atoms with Crippen molar-refractivity contribution in [2.45, 2.75) is 18.2 Å². The van der Waals surface area contributed by atoms with Crippen LogP contribution in [0.4, 0.5) is 4.39 Å². The van der Waals surface area contributed by atoms with Crippen molar-refractivity contribution >= 4 is 11.8 Å². The monoisotopic (exact) mass is 243 g/mol. The summed E-state index contributed by atoms with van der Waals surface area (Å²) in [6, 6.07) is 6.71. The normalized spacial score (nSPS) is 14.8. The van der Waals surface area contributed by atoms with Crippen LogP contribution in [0.3, 0.4) is 0 Å². The lowest BCUT2D eigenvalue weighted by molar-refractivity contribution is 0.218. The van der Waals surface area contributed by atoms with Crippen molar-refractivity contribution in [1.29, 1.82) is 0 Å². The highest BCUT2D eigenvalue weighted by Crippen LogP contribution is 2.32. The molecule has 1 aromatic rings. The van der Waals surface area contributed by atoms with Crippen molar-refractivity contribution in [3.63, 3.8) is 0 Å². The van der Waals surface area contributed by atoms with Crippen molar-refractivity contribution in [2.24, 2.45) is 5.73 Å². The zero-order valence-electron chi connectivity index (χ0n) is 9.65. The first kappa shape index (κ1) is 13.5. The lowest BCUT2D eigenvalue weighted by Gasteiger charge is -2.21. The number of thioether (sulfide) groups is 1. The number of nitrogens with two attached hydrogens (primary N) is 1. The third-order valence-corrected chi connectivity index (χ3v) is 3.72. The lowest BCUT2D eigenvalue weighted by atomic mass is 10.1. The van der Waals surface area contributed by atoms with E-state index in [4.69, 9.17) is 10.5 Å². The van der Waals surface area contributed by atoms with Gasteiger partial charge in [0, 0.05) is 29.7 Å². The minimum atomic E-state index is -0.185. The van der Waals surface area contributed by atoms with E-state index in [1.807, 2.05) is 13.0 Å². The van der Waals surface area contributed by atoms with E-state index in [9.17, 15) is 4.39 Å². The van der Waals surface area contributed by atoms with Crippen LogP contribution in [0.2, 0.25) is 0 Å². The van der Waals surface area contributed by atoms with Gasteiger partial charge in [-0.1, -0.05) is 18.2 Å². The molecule has 2 nitrogen and oxygen atoms in total. The number of hydrogen-bond donors (Lipinski definition) is 1. The molecule has 0 fully saturated rings. The Kier molecular flexibility index (Phi) is 5.80. The second kappa shape index (κ2) is 6.89. The number of methoxy groups -OCH3 is 1. The molecule has 1 aromatic carbocycles. The largest absolute Gasteiger partial charge is 0.384 e. The quantitative estimate of drug-likeness (QED) is 0.780. The summed E-state index contributed by atoms with van der Waals surface area (Å²) in [5.41, 5.74) is 6.57. The van der Waals surface area contributed by atoms with Crippen molar-refractivity contribution in [2.75, 3.05) is 19.5 Å². The van der Waals surface area contributed by atoms with Crippen LogP contribution in [0.1, 0.15) is 17.7 Å². The van der Waals surface area contributed by atoms with E-state index in [2.05, 4.69) is 0 Å². The van der Waals surface area contributed by atoms with Crippen molar-refractivity contribution in [1.82, 2.24) is 0 Å². The van der Waals surface area contributed by atoms with Crippen molar-refractivity contribution in [3.8, 4) is 0 Å². The van der Waals surface area contributed by atoms with Crippen LogP contribution in [-0.2, 0) is 4.74 Å². The van der Waals surface area contributed by atoms with Crippen LogP contribution >= 0.6 is 11.8 Å². The Hall–Kier alpha value is -0.580. The van der Waals surface area contributed by atoms with E-state index >= 15 is 0 Å². The second-order valence-electron chi connectivity index (χ2n) is 3.66. The molecular formula is C12H18FNOS. The molecule has 0 radical (unpaired) electrons. The molecule has 0 heterocycles. The molecule has 2 unspecified atom stereocenters. The Balaban J connectivity index is 2.74. The predicted molar refractivity (Wildman–Crippen MR) is 67.1 cm³/mol. The molecular weight excluding hydrogens is 225 g/mol. The number of rotatable bonds is 6. The van der Waals surface area contributed by atoms with Crippen molar-refractivity contribution in [3.05, 3.63) is 35.6 Å². The number of benzene rings is 1. The first-order chi connectivity index (χ1) is 7.66. The molecule has 16 heavy (non-hydrogen) atoms. The molecule has 0 amide bonds. The molecule has 0 spiro atoms. The van der Waals surface area contributed by atoms with E-state index in [1.165, 1.54) is 6.07 Å². The Morgan fingerprint density at radius 3 is 2.69 bits per heavy atom. The van der Waals surface area contributed by atoms with Gasteiger partial charge in [-0.2, -0.15) is 0 Å². The van der Waals surface area contributed by atoms with Crippen molar-refractivity contribution < 1.29 is 9.13 Å². The Labute approximate surface area is 100 Å². The van der Waals surface area contributed by atoms with Crippen LogP contribution in [0, 0.1) is 5.82 Å². The lowest BCUT2D eigenvalue weighted by Crippen LogP contribution is -2.24. The summed E-state index contributed by atoms with van der Waals surface area (Å²) >= 11 is 1.63. The highest BCUT2D eigenvalue weighted by atomic mass is 32.2. The summed E-state index contributed by atoms with van der Waals surface area (Å²) in [4.78, 5) is 0. The first-order valence-corrected chi connectivity index (χ1v) is 6.32. The zero-order valence-corrected chi connectivity index (χ0v) is 10.5. The van der Waals surface area contributed by atoms with Gasteiger partial charge in [-0.25, -0.2) is 4.39 Å². The molecule has 0 aromatic heterocycles. The first-order valence-electron chi connectivity index (χ1n) is 5.27. The topological polar surface area (TPSA) is 35.2 Å².